The molecule has 1 amide bonds. The van der Waals surface area contributed by atoms with E-state index in [2.05, 4.69) is 5.32 Å². The van der Waals surface area contributed by atoms with Crippen molar-refractivity contribution in [1.82, 2.24) is 5.32 Å². The van der Waals surface area contributed by atoms with Crippen molar-refractivity contribution in [3.8, 4) is 0 Å². The molecule has 0 heterocycles. The fraction of sp³-hybridized carbons (Fsp3) is 0.278. The van der Waals surface area contributed by atoms with Crippen LogP contribution in [0.5, 0.6) is 0 Å². The molecule has 3 N–H and O–H groups in total. The van der Waals surface area contributed by atoms with E-state index >= 15 is 0 Å². The fourth-order valence-electron chi connectivity index (χ4n) is 3.05. The van der Waals surface area contributed by atoms with E-state index in [1.807, 2.05) is 49.4 Å². The Labute approximate surface area is 125 Å². The number of nitrogens with two attached hydrogens (primary N) is 1. The van der Waals surface area contributed by atoms with E-state index in [9.17, 15) is 4.79 Å². The molecule has 1 aliphatic carbocycles. The molecule has 1 unspecified atom stereocenters. The number of nitrogens with one attached hydrogen (secondary N) is 1. The van der Waals surface area contributed by atoms with Gasteiger partial charge in [-0.1, -0.05) is 24.3 Å². The predicted octanol–water partition coefficient (Wildman–Crippen LogP) is 3.38. The molecule has 0 spiro atoms. The van der Waals surface area contributed by atoms with Gasteiger partial charge in [0.05, 0.1) is 6.04 Å². The third-order valence-electron chi connectivity index (χ3n) is 4.18. The number of hydrogen-bond acceptors (Lipinski definition) is 2. The van der Waals surface area contributed by atoms with Crippen molar-refractivity contribution in [2.45, 2.75) is 32.2 Å². The largest absolute Gasteiger partial charge is 0.399 e. The number of benzene rings is 2. The van der Waals surface area contributed by atoms with Crippen LogP contribution >= 0.6 is 0 Å². The van der Waals surface area contributed by atoms with Crippen LogP contribution in [0.15, 0.2) is 42.5 Å². The molecule has 2 aromatic rings. The summed E-state index contributed by atoms with van der Waals surface area (Å²) in [5.74, 6) is 0.00257. The summed E-state index contributed by atoms with van der Waals surface area (Å²) < 4.78 is 0. The Morgan fingerprint density at radius 3 is 2.86 bits per heavy atom. The van der Waals surface area contributed by atoms with Crippen LogP contribution in [-0.2, 0) is 6.42 Å². The van der Waals surface area contributed by atoms with Gasteiger partial charge in [-0.05, 0) is 61.1 Å². The molecule has 1 atom stereocenters. The summed E-state index contributed by atoms with van der Waals surface area (Å²) in [5.41, 5.74) is 10.9. The minimum absolute atomic E-state index is 0.00257. The zero-order valence-electron chi connectivity index (χ0n) is 12.2. The summed E-state index contributed by atoms with van der Waals surface area (Å²) in [6.45, 7) is 1.96. The fourth-order valence-corrected chi connectivity index (χ4v) is 3.05. The molecular formula is C18H20N2O. The van der Waals surface area contributed by atoms with Crippen LogP contribution in [0.25, 0.3) is 0 Å². The molecule has 2 aromatic carbocycles. The Morgan fingerprint density at radius 2 is 2.05 bits per heavy atom. The van der Waals surface area contributed by atoms with Gasteiger partial charge in [0, 0.05) is 11.3 Å². The summed E-state index contributed by atoms with van der Waals surface area (Å²) in [6, 6.07) is 13.8. The number of carbonyl (C=O) groups excluding carboxylic acids is 1. The highest BCUT2D eigenvalue weighted by atomic mass is 16.1. The van der Waals surface area contributed by atoms with Crippen LogP contribution in [0.2, 0.25) is 0 Å². The molecule has 0 radical (unpaired) electrons. The van der Waals surface area contributed by atoms with E-state index in [0.29, 0.717) is 0 Å². The topological polar surface area (TPSA) is 55.1 Å². The number of carbonyl (C=O) groups is 1. The maximum atomic E-state index is 12.5. The molecule has 3 rings (SSSR count). The van der Waals surface area contributed by atoms with Crippen LogP contribution in [0.4, 0.5) is 5.69 Å². The molecule has 1 aliphatic rings. The molecule has 0 aromatic heterocycles. The quantitative estimate of drug-likeness (QED) is 0.829. The molecule has 0 saturated heterocycles. The summed E-state index contributed by atoms with van der Waals surface area (Å²) in [7, 11) is 0. The lowest BCUT2D eigenvalue weighted by Gasteiger charge is -2.27. The Hall–Kier alpha value is -2.29. The van der Waals surface area contributed by atoms with Crippen molar-refractivity contribution in [2.75, 3.05) is 5.73 Å². The molecule has 0 saturated carbocycles. The number of aryl methyl sites for hydroxylation is 2. The SMILES string of the molecule is Cc1ccccc1C(=O)NC1CCCc2cc(N)ccc21. The zero-order valence-corrected chi connectivity index (χ0v) is 12.2. The van der Waals surface area contributed by atoms with Crippen LogP contribution in [-0.4, -0.2) is 5.91 Å². The minimum atomic E-state index is 0.00257. The maximum absolute atomic E-state index is 12.5. The van der Waals surface area contributed by atoms with Gasteiger partial charge < -0.3 is 11.1 Å². The number of amides is 1. The second-order valence-corrected chi connectivity index (χ2v) is 5.69. The smallest absolute Gasteiger partial charge is 0.252 e. The van der Waals surface area contributed by atoms with Gasteiger partial charge in [0.1, 0.15) is 0 Å². The Bertz CT molecular complexity index is 679. The molecule has 21 heavy (non-hydrogen) atoms. The lowest BCUT2D eigenvalue weighted by molar-refractivity contribution is 0.0932. The average molecular weight is 280 g/mol. The van der Waals surface area contributed by atoms with E-state index in [0.717, 1.165) is 36.1 Å². The first-order valence-electron chi connectivity index (χ1n) is 7.40. The van der Waals surface area contributed by atoms with Crippen molar-refractivity contribution in [1.29, 1.82) is 0 Å². The van der Waals surface area contributed by atoms with Gasteiger partial charge in [-0.15, -0.1) is 0 Å². The second kappa shape index (κ2) is 5.60. The molecule has 0 fully saturated rings. The average Bonchev–Trinajstić information content (AvgIpc) is 2.47. The molecule has 0 aliphatic heterocycles. The van der Waals surface area contributed by atoms with E-state index in [1.54, 1.807) is 0 Å². The minimum Gasteiger partial charge on any atom is -0.399 e. The van der Waals surface area contributed by atoms with Crippen molar-refractivity contribution >= 4 is 11.6 Å². The first-order chi connectivity index (χ1) is 10.1. The summed E-state index contributed by atoms with van der Waals surface area (Å²) >= 11 is 0. The Balaban J connectivity index is 1.84. The van der Waals surface area contributed by atoms with Gasteiger partial charge in [0.2, 0.25) is 0 Å². The summed E-state index contributed by atoms with van der Waals surface area (Å²) in [4.78, 5) is 12.5. The lowest BCUT2D eigenvalue weighted by Crippen LogP contribution is -2.31. The van der Waals surface area contributed by atoms with Gasteiger partial charge in [0.25, 0.3) is 5.91 Å². The van der Waals surface area contributed by atoms with Crippen LogP contribution in [0.1, 0.15) is 45.9 Å². The number of fused-ring (bicyclic) bond motifs is 1. The Morgan fingerprint density at radius 1 is 1.24 bits per heavy atom. The zero-order chi connectivity index (χ0) is 14.8. The highest BCUT2D eigenvalue weighted by Gasteiger charge is 2.22. The highest BCUT2D eigenvalue weighted by molar-refractivity contribution is 5.95. The van der Waals surface area contributed by atoms with Crippen molar-refractivity contribution in [2.24, 2.45) is 0 Å². The molecule has 3 heteroatoms. The molecule has 0 bridgehead atoms. The number of anilines is 1. The van der Waals surface area contributed by atoms with Crippen LogP contribution < -0.4 is 11.1 Å². The van der Waals surface area contributed by atoms with Crippen molar-refractivity contribution in [3.63, 3.8) is 0 Å². The van der Waals surface area contributed by atoms with E-state index in [1.165, 1.54) is 11.1 Å². The van der Waals surface area contributed by atoms with E-state index < -0.39 is 0 Å². The monoisotopic (exact) mass is 280 g/mol. The standard InChI is InChI=1S/C18H20N2O/c1-12-5-2-3-7-15(12)18(21)20-17-8-4-6-13-11-14(19)9-10-16(13)17/h2-3,5,7,9-11,17H,4,6,8,19H2,1H3,(H,20,21). The van der Waals surface area contributed by atoms with Gasteiger partial charge in [0.15, 0.2) is 0 Å². The van der Waals surface area contributed by atoms with Crippen LogP contribution in [0, 0.1) is 6.92 Å². The lowest BCUT2D eigenvalue weighted by atomic mass is 9.87. The molecular weight excluding hydrogens is 260 g/mol. The first kappa shape index (κ1) is 13.7. The van der Waals surface area contributed by atoms with Gasteiger partial charge >= 0.3 is 0 Å². The first-order valence-corrected chi connectivity index (χ1v) is 7.40. The number of rotatable bonds is 2. The summed E-state index contributed by atoms with van der Waals surface area (Å²) in [5, 5.41) is 3.17. The highest BCUT2D eigenvalue weighted by Crippen LogP contribution is 2.31. The van der Waals surface area contributed by atoms with Crippen LogP contribution in [0.3, 0.4) is 0 Å². The summed E-state index contributed by atoms with van der Waals surface area (Å²) in [6.07, 6.45) is 3.10. The van der Waals surface area contributed by atoms with E-state index in [-0.39, 0.29) is 11.9 Å². The van der Waals surface area contributed by atoms with Crippen molar-refractivity contribution < 1.29 is 4.79 Å². The van der Waals surface area contributed by atoms with Gasteiger partial charge in [-0.2, -0.15) is 0 Å². The number of hydrogen-bond donors (Lipinski definition) is 2. The predicted molar refractivity (Wildman–Crippen MR) is 85.2 cm³/mol. The van der Waals surface area contributed by atoms with Crippen molar-refractivity contribution in [3.05, 3.63) is 64.7 Å². The maximum Gasteiger partial charge on any atom is 0.252 e. The van der Waals surface area contributed by atoms with E-state index in [4.69, 9.17) is 5.73 Å². The van der Waals surface area contributed by atoms with Gasteiger partial charge in [-0.3, -0.25) is 4.79 Å². The third-order valence-corrected chi connectivity index (χ3v) is 4.18. The molecule has 108 valence electrons. The van der Waals surface area contributed by atoms with Gasteiger partial charge in [-0.25, -0.2) is 0 Å². The normalized spacial score (nSPS) is 17.1. The molecule has 3 nitrogen and oxygen atoms in total. The Kier molecular flexibility index (Phi) is 3.65. The number of nitrogen functional groups attached to an aromatic ring is 1. The second-order valence-electron chi connectivity index (χ2n) is 5.69. The third kappa shape index (κ3) is 2.77.